The van der Waals surface area contributed by atoms with Gasteiger partial charge in [0.15, 0.2) is 0 Å². The normalized spacial score (nSPS) is 16.9. The van der Waals surface area contributed by atoms with Crippen molar-refractivity contribution in [3.05, 3.63) is 34.3 Å². The van der Waals surface area contributed by atoms with Crippen LogP contribution in [-0.2, 0) is 0 Å². The molecule has 0 bridgehead atoms. The summed E-state index contributed by atoms with van der Waals surface area (Å²) in [6.07, 6.45) is 2.41. The van der Waals surface area contributed by atoms with Crippen molar-refractivity contribution in [2.24, 2.45) is 5.41 Å². The highest BCUT2D eigenvalue weighted by Crippen LogP contribution is 2.46. The van der Waals surface area contributed by atoms with Crippen LogP contribution in [0.4, 0.5) is 0 Å². The van der Waals surface area contributed by atoms with Gasteiger partial charge in [-0.05, 0) is 46.3 Å². The standard InChI is InChI=1S/C12H13Br2NO/c13-7-12(5-6-12)8-15-11(16)9-3-1-2-4-10(9)14/h1-4H,5-8H2,(H,15,16). The molecule has 1 aliphatic rings. The molecule has 1 amide bonds. The van der Waals surface area contributed by atoms with Crippen LogP contribution in [0, 0.1) is 5.41 Å². The molecule has 2 rings (SSSR count). The summed E-state index contributed by atoms with van der Waals surface area (Å²) in [7, 11) is 0. The minimum absolute atomic E-state index is 0.000278. The molecule has 0 unspecified atom stereocenters. The van der Waals surface area contributed by atoms with E-state index in [9.17, 15) is 4.79 Å². The molecular weight excluding hydrogens is 334 g/mol. The Morgan fingerprint density at radius 2 is 2.06 bits per heavy atom. The van der Waals surface area contributed by atoms with Crippen LogP contribution in [0.2, 0.25) is 0 Å². The zero-order chi connectivity index (χ0) is 11.6. The maximum absolute atomic E-state index is 11.9. The van der Waals surface area contributed by atoms with E-state index >= 15 is 0 Å². The molecule has 1 aliphatic carbocycles. The molecular formula is C12H13Br2NO. The zero-order valence-electron chi connectivity index (χ0n) is 8.80. The average Bonchev–Trinajstić information content (AvgIpc) is 3.07. The third-order valence-electron chi connectivity index (χ3n) is 2.98. The van der Waals surface area contributed by atoms with Gasteiger partial charge in [-0.2, -0.15) is 0 Å². The molecule has 0 spiro atoms. The van der Waals surface area contributed by atoms with E-state index in [1.165, 1.54) is 12.8 Å². The highest BCUT2D eigenvalue weighted by Gasteiger charge is 2.41. The predicted octanol–water partition coefficient (Wildman–Crippen LogP) is 3.35. The molecule has 0 aromatic heterocycles. The molecule has 1 aromatic carbocycles. The first-order valence-corrected chi connectivity index (χ1v) is 7.17. The summed E-state index contributed by atoms with van der Waals surface area (Å²) in [5.41, 5.74) is 1.02. The van der Waals surface area contributed by atoms with Gasteiger partial charge in [0.05, 0.1) is 5.56 Å². The second-order valence-corrected chi connectivity index (χ2v) is 5.71. The number of hydrogen-bond acceptors (Lipinski definition) is 1. The van der Waals surface area contributed by atoms with E-state index in [0.717, 1.165) is 16.3 Å². The molecule has 16 heavy (non-hydrogen) atoms. The van der Waals surface area contributed by atoms with Crippen LogP contribution in [0.1, 0.15) is 23.2 Å². The van der Waals surface area contributed by atoms with Crippen LogP contribution in [0.25, 0.3) is 0 Å². The van der Waals surface area contributed by atoms with Gasteiger partial charge in [-0.15, -0.1) is 0 Å². The Morgan fingerprint density at radius 1 is 1.38 bits per heavy atom. The lowest BCUT2D eigenvalue weighted by molar-refractivity contribution is 0.0946. The second-order valence-electron chi connectivity index (χ2n) is 4.30. The van der Waals surface area contributed by atoms with Crippen LogP contribution in [0.3, 0.4) is 0 Å². The number of carbonyl (C=O) groups excluding carboxylic acids is 1. The van der Waals surface area contributed by atoms with Gasteiger partial charge in [0.25, 0.3) is 5.91 Å². The Bertz CT molecular complexity index is 402. The lowest BCUT2D eigenvalue weighted by Crippen LogP contribution is -2.31. The van der Waals surface area contributed by atoms with Gasteiger partial charge in [-0.25, -0.2) is 0 Å². The van der Waals surface area contributed by atoms with Crippen molar-refractivity contribution in [3.8, 4) is 0 Å². The number of hydrogen-bond donors (Lipinski definition) is 1. The van der Waals surface area contributed by atoms with E-state index < -0.39 is 0 Å². The zero-order valence-corrected chi connectivity index (χ0v) is 12.0. The van der Waals surface area contributed by atoms with Crippen LogP contribution < -0.4 is 5.32 Å². The Morgan fingerprint density at radius 3 is 2.62 bits per heavy atom. The molecule has 86 valence electrons. The molecule has 1 fully saturated rings. The van der Waals surface area contributed by atoms with Crippen molar-refractivity contribution in [3.63, 3.8) is 0 Å². The molecule has 0 atom stereocenters. The Labute approximate surface area is 112 Å². The van der Waals surface area contributed by atoms with Crippen molar-refractivity contribution in [1.29, 1.82) is 0 Å². The molecule has 4 heteroatoms. The third-order valence-corrected chi connectivity index (χ3v) is 4.86. The van der Waals surface area contributed by atoms with E-state index in [-0.39, 0.29) is 5.91 Å². The fourth-order valence-electron chi connectivity index (χ4n) is 1.54. The average molecular weight is 347 g/mol. The highest BCUT2D eigenvalue weighted by atomic mass is 79.9. The fourth-order valence-corrected chi connectivity index (χ4v) is 2.77. The first-order chi connectivity index (χ1) is 7.67. The summed E-state index contributed by atoms with van der Waals surface area (Å²) in [5, 5.41) is 3.96. The maximum atomic E-state index is 11.9. The molecule has 0 radical (unpaired) electrons. The number of rotatable bonds is 4. The third kappa shape index (κ3) is 2.66. The first kappa shape index (κ1) is 12.1. The number of halogens is 2. The summed E-state index contributed by atoms with van der Waals surface area (Å²) in [6, 6.07) is 7.48. The number of amides is 1. The highest BCUT2D eigenvalue weighted by molar-refractivity contribution is 9.10. The molecule has 1 aromatic rings. The van der Waals surface area contributed by atoms with Gasteiger partial charge in [0.1, 0.15) is 0 Å². The van der Waals surface area contributed by atoms with Crippen molar-refractivity contribution < 1.29 is 4.79 Å². The van der Waals surface area contributed by atoms with Gasteiger partial charge >= 0.3 is 0 Å². The van der Waals surface area contributed by atoms with Crippen LogP contribution in [0.15, 0.2) is 28.7 Å². The SMILES string of the molecule is O=C(NCC1(CBr)CC1)c1ccccc1Br. The second kappa shape index (κ2) is 4.88. The Kier molecular flexibility index (Phi) is 3.70. The lowest BCUT2D eigenvalue weighted by Gasteiger charge is -2.13. The summed E-state index contributed by atoms with van der Waals surface area (Å²) in [5.74, 6) is -0.000278. The van der Waals surface area contributed by atoms with Gasteiger partial charge in [0.2, 0.25) is 0 Å². The van der Waals surface area contributed by atoms with Crippen molar-refractivity contribution in [2.45, 2.75) is 12.8 Å². The fraction of sp³-hybridized carbons (Fsp3) is 0.417. The lowest BCUT2D eigenvalue weighted by atomic mass is 10.1. The monoisotopic (exact) mass is 345 g/mol. The number of carbonyl (C=O) groups is 1. The number of benzene rings is 1. The van der Waals surface area contributed by atoms with E-state index in [1.807, 2.05) is 24.3 Å². The van der Waals surface area contributed by atoms with Gasteiger partial charge in [0, 0.05) is 16.3 Å². The molecule has 1 saturated carbocycles. The van der Waals surface area contributed by atoms with E-state index in [4.69, 9.17) is 0 Å². The van der Waals surface area contributed by atoms with Crippen LogP contribution in [0.5, 0.6) is 0 Å². The Hall–Kier alpha value is -0.350. The summed E-state index contributed by atoms with van der Waals surface area (Å²) >= 11 is 6.87. The topological polar surface area (TPSA) is 29.1 Å². The minimum Gasteiger partial charge on any atom is -0.351 e. The molecule has 0 aliphatic heterocycles. The van der Waals surface area contributed by atoms with E-state index in [1.54, 1.807) is 0 Å². The first-order valence-electron chi connectivity index (χ1n) is 5.26. The molecule has 0 saturated heterocycles. The summed E-state index contributed by atoms with van der Waals surface area (Å²) in [4.78, 5) is 11.9. The van der Waals surface area contributed by atoms with Crippen LogP contribution >= 0.6 is 31.9 Å². The van der Waals surface area contributed by atoms with Crippen molar-refractivity contribution in [1.82, 2.24) is 5.32 Å². The maximum Gasteiger partial charge on any atom is 0.252 e. The van der Waals surface area contributed by atoms with Crippen molar-refractivity contribution in [2.75, 3.05) is 11.9 Å². The number of nitrogens with one attached hydrogen (secondary N) is 1. The predicted molar refractivity (Wildman–Crippen MR) is 71.9 cm³/mol. The van der Waals surface area contributed by atoms with E-state index in [0.29, 0.717) is 11.0 Å². The molecule has 2 nitrogen and oxygen atoms in total. The summed E-state index contributed by atoms with van der Waals surface area (Å²) in [6.45, 7) is 0.762. The van der Waals surface area contributed by atoms with Crippen LogP contribution in [-0.4, -0.2) is 17.8 Å². The van der Waals surface area contributed by atoms with Gasteiger partial charge < -0.3 is 5.32 Å². The molecule has 1 N–H and O–H groups in total. The smallest absolute Gasteiger partial charge is 0.252 e. The minimum atomic E-state index is -0.000278. The van der Waals surface area contributed by atoms with Gasteiger partial charge in [-0.3, -0.25) is 4.79 Å². The molecule has 0 heterocycles. The summed E-state index contributed by atoms with van der Waals surface area (Å²) < 4.78 is 0.844. The quantitative estimate of drug-likeness (QED) is 0.832. The number of alkyl halides is 1. The Balaban J connectivity index is 1.96. The van der Waals surface area contributed by atoms with Crippen molar-refractivity contribution >= 4 is 37.8 Å². The van der Waals surface area contributed by atoms with E-state index in [2.05, 4.69) is 37.2 Å². The largest absolute Gasteiger partial charge is 0.351 e. The van der Waals surface area contributed by atoms with Gasteiger partial charge in [-0.1, -0.05) is 28.1 Å².